The second-order valence-electron chi connectivity index (χ2n) is 4.26. The van der Waals surface area contributed by atoms with Gasteiger partial charge in [-0.25, -0.2) is 0 Å². The molecule has 0 aliphatic heterocycles. The fraction of sp³-hybridized carbons (Fsp3) is 0.909. The van der Waals surface area contributed by atoms with Crippen LogP contribution >= 0.6 is 0 Å². The molecule has 0 aromatic heterocycles. The molecule has 0 spiro atoms. The molecule has 0 amide bonds. The van der Waals surface area contributed by atoms with Crippen molar-refractivity contribution in [3.8, 4) is 0 Å². The third kappa shape index (κ3) is 1.41. The molecule has 2 saturated carbocycles. The Morgan fingerprint density at radius 3 is 2.67 bits per heavy atom. The minimum Gasteiger partial charge on any atom is -0.297 e. The molecule has 1 nitrogen and oxygen atoms in total. The second kappa shape index (κ2) is 3.59. The van der Waals surface area contributed by atoms with Crippen LogP contribution in [0.25, 0.3) is 0 Å². The van der Waals surface area contributed by atoms with Gasteiger partial charge in [0.25, 0.3) is 0 Å². The molecule has 12 heavy (non-hydrogen) atoms. The van der Waals surface area contributed by atoms with E-state index in [-0.39, 0.29) is 0 Å². The SMILES string of the molecule is C/N=C1/CCCC2CCCCC12. The van der Waals surface area contributed by atoms with Crippen LogP contribution < -0.4 is 0 Å². The number of aliphatic imine (C=N–C) groups is 1. The summed E-state index contributed by atoms with van der Waals surface area (Å²) in [5, 5.41) is 0. The number of nitrogens with zero attached hydrogens (tertiary/aromatic N) is 1. The molecule has 2 unspecified atom stereocenters. The molecule has 0 N–H and O–H groups in total. The van der Waals surface area contributed by atoms with Gasteiger partial charge in [0.05, 0.1) is 0 Å². The number of hydrogen-bond acceptors (Lipinski definition) is 1. The molecule has 2 rings (SSSR count). The quantitative estimate of drug-likeness (QED) is 0.523. The summed E-state index contributed by atoms with van der Waals surface area (Å²) < 4.78 is 0. The highest BCUT2D eigenvalue weighted by atomic mass is 14.7. The van der Waals surface area contributed by atoms with Crippen molar-refractivity contribution >= 4 is 5.71 Å². The van der Waals surface area contributed by atoms with Gasteiger partial charge in [0, 0.05) is 12.8 Å². The largest absolute Gasteiger partial charge is 0.297 e. The summed E-state index contributed by atoms with van der Waals surface area (Å²) in [6.45, 7) is 0. The topological polar surface area (TPSA) is 12.4 Å². The van der Waals surface area contributed by atoms with Gasteiger partial charge in [-0.2, -0.15) is 0 Å². The molecule has 0 radical (unpaired) electrons. The molecule has 0 aromatic rings. The van der Waals surface area contributed by atoms with E-state index in [0.717, 1.165) is 11.8 Å². The van der Waals surface area contributed by atoms with Crippen LogP contribution in [0.15, 0.2) is 4.99 Å². The molecule has 0 heterocycles. The Morgan fingerprint density at radius 2 is 1.83 bits per heavy atom. The summed E-state index contributed by atoms with van der Waals surface area (Å²) in [7, 11) is 1.98. The summed E-state index contributed by atoms with van der Waals surface area (Å²) in [6, 6.07) is 0. The zero-order valence-electron chi connectivity index (χ0n) is 8.05. The van der Waals surface area contributed by atoms with Crippen molar-refractivity contribution in [1.29, 1.82) is 0 Å². The minimum atomic E-state index is 0.887. The lowest BCUT2D eigenvalue weighted by Gasteiger charge is -2.36. The van der Waals surface area contributed by atoms with Crippen LogP contribution in [0.2, 0.25) is 0 Å². The van der Waals surface area contributed by atoms with Gasteiger partial charge in [0.15, 0.2) is 0 Å². The lowest BCUT2D eigenvalue weighted by Crippen LogP contribution is -2.31. The van der Waals surface area contributed by atoms with Crippen LogP contribution in [0.3, 0.4) is 0 Å². The number of rotatable bonds is 0. The number of hydrogen-bond donors (Lipinski definition) is 0. The van der Waals surface area contributed by atoms with E-state index >= 15 is 0 Å². The van der Waals surface area contributed by atoms with Crippen LogP contribution in [0, 0.1) is 11.8 Å². The van der Waals surface area contributed by atoms with Crippen LogP contribution in [-0.4, -0.2) is 12.8 Å². The molecule has 0 bridgehead atoms. The van der Waals surface area contributed by atoms with E-state index < -0.39 is 0 Å². The highest BCUT2D eigenvalue weighted by molar-refractivity contribution is 5.87. The van der Waals surface area contributed by atoms with E-state index in [2.05, 4.69) is 4.99 Å². The van der Waals surface area contributed by atoms with Crippen molar-refractivity contribution in [2.45, 2.75) is 44.9 Å². The Labute approximate surface area is 75.3 Å². The van der Waals surface area contributed by atoms with Gasteiger partial charge in [-0.3, -0.25) is 4.99 Å². The van der Waals surface area contributed by atoms with Gasteiger partial charge >= 0.3 is 0 Å². The highest BCUT2D eigenvalue weighted by Gasteiger charge is 2.31. The van der Waals surface area contributed by atoms with Crippen molar-refractivity contribution in [2.75, 3.05) is 7.05 Å². The average molecular weight is 165 g/mol. The molecular weight excluding hydrogens is 146 g/mol. The maximum atomic E-state index is 4.45. The highest BCUT2D eigenvalue weighted by Crippen LogP contribution is 2.38. The smallest absolute Gasteiger partial charge is 0.0276 e. The summed E-state index contributed by atoms with van der Waals surface area (Å²) in [6.07, 6.45) is 9.98. The average Bonchev–Trinajstić information content (AvgIpc) is 2.17. The molecule has 0 aromatic carbocycles. The van der Waals surface area contributed by atoms with Gasteiger partial charge in [-0.1, -0.05) is 12.8 Å². The normalized spacial score (nSPS) is 39.6. The molecular formula is C11H19N. The van der Waals surface area contributed by atoms with Gasteiger partial charge in [-0.05, 0) is 43.9 Å². The lowest BCUT2D eigenvalue weighted by atomic mass is 9.70. The van der Waals surface area contributed by atoms with E-state index in [1.54, 1.807) is 0 Å². The van der Waals surface area contributed by atoms with Crippen LogP contribution in [0.1, 0.15) is 44.9 Å². The minimum absolute atomic E-state index is 0.887. The zero-order valence-corrected chi connectivity index (χ0v) is 8.05. The predicted molar refractivity (Wildman–Crippen MR) is 52.7 cm³/mol. The Kier molecular flexibility index (Phi) is 2.48. The van der Waals surface area contributed by atoms with Gasteiger partial charge in [0.2, 0.25) is 0 Å². The third-order valence-electron chi connectivity index (χ3n) is 3.63. The van der Waals surface area contributed by atoms with Crippen LogP contribution in [-0.2, 0) is 0 Å². The van der Waals surface area contributed by atoms with Crippen LogP contribution in [0.4, 0.5) is 0 Å². The van der Waals surface area contributed by atoms with E-state index in [1.165, 1.54) is 50.7 Å². The first-order valence-electron chi connectivity index (χ1n) is 5.37. The molecule has 1 heteroatoms. The first kappa shape index (κ1) is 8.28. The molecule has 68 valence electrons. The predicted octanol–water partition coefficient (Wildman–Crippen LogP) is 3.05. The van der Waals surface area contributed by atoms with Gasteiger partial charge in [-0.15, -0.1) is 0 Å². The van der Waals surface area contributed by atoms with E-state index in [0.29, 0.717) is 0 Å². The standard InChI is InChI=1S/C11H19N/c1-12-11-8-4-6-9-5-2-3-7-10(9)11/h9-10H,2-8H2,1H3/b12-11-. The Bertz CT molecular complexity index is 181. The Morgan fingerprint density at radius 1 is 1.08 bits per heavy atom. The molecule has 2 fully saturated rings. The second-order valence-corrected chi connectivity index (χ2v) is 4.26. The first-order chi connectivity index (χ1) is 5.92. The summed E-state index contributed by atoms with van der Waals surface area (Å²) >= 11 is 0. The number of fused-ring (bicyclic) bond motifs is 1. The Hall–Kier alpha value is -0.330. The van der Waals surface area contributed by atoms with E-state index in [9.17, 15) is 0 Å². The Balaban J connectivity index is 2.09. The van der Waals surface area contributed by atoms with Crippen molar-refractivity contribution in [2.24, 2.45) is 16.8 Å². The maximum Gasteiger partial charge on any atom is 0.0276 e. The zero-order chi connectivity index (χ0) is 8.39. The van der Waals surface area contributed by atoms with Crippen LogP contribution in [0.5, 0.6) is 0 Å². The van der Waals surface area contributed by atoms with E-state index in [4.69, 9.17) is 0 Å². The third-order valence-corrected chi connectivity index (χ3v) is 3.63. The first-order valence-corrected chi connectivity index (χ1v) is 5.37. The molecule has 2 aliphatic rings. The van der Waals surface area contributed by atoms with Gasteiger partial charge in [0.1, 0.15) is 0 Å². The monoisotopic (exact) mass is 165 g/mol. The fourth-order valence-corrected chi connectivity index (χ4v) is 3.00. The van der Waals surface area contributed by atoms with Crippen molar-refractivity contribution in [3.63, 3.8) is 0 Å². The molecule has 2 atom stereocenters. The van der Waals surface area contributed by atoms with Crippen molar-refractivity contribution in [3.05, 3.63) is 0 Å². The summed E-state index contributed by atoms with van der Waals surface area (Å²) in [5.74, 6) is 1.89. The van der Waals surface area contributed by atoms with Crippen molar-refractivity contribution < 1.29 is 0 Å². The summed E-state index contributed by atoms with van der Waals surface area (Å²) in [5.41, 5.74) is 1.53. The molecule has 0 saturated heterocycles. The lowest BCUT2D eigenvalue weighted by molar-refractivity contribution is 0.261. The van der Waals surface area contributed by atoms with E-state index in [1.807, 2.05) is 7.05 Å². The maximum absolute atomic E-state index is 4.45. The van der Waals surface area contributed by atoms with Gasteiger partial charge < -0.3 is 0 Å². The summed E-state index contributed by atoms with van der Waals surface area (Å²) in [4.78, 5) is 4.45. The molecule has 2 aliphatic carbocycles. The fourth-order valence-electron chi connectivity index (χ4n) is 3.00. The van der Waals surface area contributed by atoms with Crippen molar-refractivity contribution in [1.82, 2.24) is 0 Å².